The van der Waals surface area contributed by atoms with Crippen LogP contribution >= 0.6 is 0 Å². The molecule has 2 rings (SSSR count). The van der Waals surface area contributed by atoms with Gasteiger partial charge in [-0.15, -0.1) is 0 Å². The van der Waals surface area contributed by atoms with E-state index >= 15 is 0 Å². The van der Waals surface area contributed by atoms with Crippen molar-refractivity contribution in [3.8, 4) is 0 Å². The van der Waals surface area contributed by atoms with E-state index in [1.54, 1.807) is 0 Å². The molecule has 0 radical (unpaired) electrons. The van der Waals surface area contributed by atoms with Crippen molar-refractivity contribution in [2.24, 2.45) is 5.92 Å². The summed E-state index contributed by atoms with van der Waals surface area (Å²) in [6, 6.07) is 5.94. The molecular formula is C9H11NO. The Morgan fingerprint density at radius 1 is 1.55 bits per heavy atom. The molecule has 0 unspecified atom stereocenters. The molecule has 1 fully saturated rings. The smallest absolute Gasteiger partial charge is 0.0465 e. The maximum Gasteiger partial charge on any atom is 0.0465 e. The monoisotopic (exact) mass is 149 g/mol. The summed E-state index contributed by atoms with van der Waals surface area (Å²) < 4.78 is 0. The van der Waals surface area contributed by atoms with Crippen molar-refractivity contribution in [2.45, 2.75) is 12.3 Å². The molecule has 2 atom stereocenters. The summed E-state index contributed by atoms with van der Waals surface area (Å²) >= 11 is 0. The van der Waals surface area contributed by atoms with Crippen molar-refractivity contribution in [1.82, 2.24) is 4.98 Å². The highest BCUT2D eigenvalue weighted by Gasteiger charge is 2.38. The van der Waals surface area contributed by atoms with Crippen LogP contribution in [0.3, 0.4) is 0 Å². The van der Waals surface area contributed by atoms with Gasteiger partial charge in [0, 0.05) is 24.4 Å². The predicted molar refractivity (Wildman–Crippen MR) is 42.2 cm³/mol. The van der Waals surface area contributed by atoms with Crippen LogP contribution < -0.4 is 0 Å². The van der Waals surface area contributed by atoms with Gasteiger partial charge in [-0.25, -0.2) is 0 Å². The predicted octanol–water partition coefficient (Wildman–Crippen LogP) is 1.18. The van der Waals surface area contributed by atoms with Crippen LogP contribution in [-0.4, -0.2) is 16.7 Å². The van der Waals surface area contributed by atoms with Crippen LogP contribution in [-0.2, 0) is 0 Å². The number of nitrogens with zero attached hydrogens (tertiary/aromatic N) is 1. The second-order valence-corrected chi connectivity index (χ2v) is 3.04. The lowest BCUT2D eigenvalue weighted by Gasteiger charge is -1.94. The average molecular weight is 149 g/mol. The summed E-state index contributed by atoms with van der Waals surface area (Å²) in [5.41, 5.74) is 1.13. The number of pyridine rings is 1. The van der Waals surface area contributed by atoms with Gasteiger partial charge in [0.25, 0.3) is 0 Å². The molecule has 1 saturated carbocycles. The molecule has 0 bridgehead atoms. The first kappa shape index (κ1) is 6.80. The summed E-state index contributed by atoms with van der Waals surface area (Å²) in [7, 11) is 0. The van der Waals surface area contributed by atoms with E-state index in [1.807, 2.05) is 24.4 Å². The first-order valence-electron chi connectivity index (χ1n) is 3.93. The number of rotatable bonds is 2. The molecule has 2 nitrogen and oxygen atoms in total. The van der Waals surface area contributed by atoms with Gasteiger partial charge in [-0.1, -0.05) is 6.07 Å². The van der Waals surface area contributed by atoms with Crippen molar-refractivity contribution in [1.29, 1.82) is 0 Å². The number of aliphatic hydroxyl groups excluding tert-OH is 1. The first-order chi connectivity index (χ1) is 5.42. The third kappa shape index (κ3) is 1.26. The van der Waals surface area contributed by atoms with Gasteiger partial charge in [0.05, 0.1) is 0 Å². The Morgan fingerprint density at radius 2 is 2.45 bits per heavy atom. The molecule has 1 aliphatic rings. The maximum atomic E-state index is 8.81. The summed E-state index contributed by atoms with van der Waals surface area (Å²) in [6.07, 6.45) is 2.91. The molecule has 1 aromatic heterocycles. The zero-order valence-electron chi connectivity index (χ0n) is 6.27. The lowest BCUT2D eigenvalue weighted by molar-refractivity contribution is 0.273. The fourth-order valence-corrected chi connectivity index (χ4v) is 1.41. The minimum Gasteiger partial charge on any atom is -0.396 e. The van der Waals surface area contributed by atoms with E-state index in [2.05, 4.69) is 4.98 Å². The van der Waals surface area contributed by atoms with Crippen molar-refractivity contribution >= 4 is 0 Å². The van der Waals surface area contributed by atoms with Crippen LogP contribution in [0.15, 0.2) is 24.4 Å². The van der Waals surface area contributed by atoms with E-state index in [-0.39, 0.29) is 0 Å². The summed E-state index contributed by atoms with van der Waals surface area (Å²) in [4.78, 5) is 4.23. The van der Waals surface area contributed by atoms with Gasteiger partial charge >= 0.3 is 0 Å². The molecule has 0 spiro atoms. The molecule has 1 aliphatic carbocycles. The topological polar surface area (TPSA) is 33.1 Å². The summed E-state index contributed by atoms with van der Waals surface area (Å²) in [6.45, 7) is 0.307. The van der Waals surface area contributed by atoms with E-state index in [9.17, 15) is 0 Å². The Bertz CT molecular complexity index is 235. The van der Waals surface area contributed by atoms with Crippen LogP contribution in [0, 0.1) is 5.92 Å². The van der Waals surface area contributed by atoms with Crippen LogP contribution in [0.4, 0.5) is 0 Å². The van der Waals surface area contributed by atoms with E-state index in [4.69, 9.17) is 5.11 Å². The number of aromatic nitrogens is 1. The number of hydrogen-bond acceptors (Lipinski definition) is 2. The van der Waals surface area contributed by atoms with Crippen LogP contribution in [0.25, 0.3) is 0 Å². The van der Waals surface area contributed by atoms with Crippen molar-refractivity contribution in [3.63, 3.8) is 0 Å². The second-order valence-electron chi connectivity index (χ2n) is 3.04. The van der Waals surface area contributed by atoms with E-state index < -0.39 is 0 Å². The third-order valence-electron chi connectivity index (χ3n) is 2.22. The zero-order chi connectivity index (χ0) is 7.68. The van der Waals surface area contributed by atoms with Crippen LogP contribution in [0.2, 0.25) is 0 Å². The number of aliphatic hydroxyl groups is 1. The molecule has 2 heteroatoms. The van der Waals surface area contributed by atoms with Crippen molar-refractivity contribution < 1.29 is 5.11 Å². The normalized spacial score (nSPS) is 28.5. The lowest BCUT2D eigenvalue weighted by Crippen LogP contribution is -1.90. The fraction of sp³-hybridized carbons (Fsp3) is 0.444. The molecular weight excluding hydrogens is 138 g/mol. The van der Waals surface area contributed by atoms with Gasteiger partial charge in [-0.3, -0.25) is 4.98 Å². The first-order valence-corrected chi connectivity index (χ1v) is 3.93. The molecule has 0 amide bonds. The quantitative estimate of drug-likeness (QED) is 0.684. The lowest BCUT2D eigenvalue weighted by atomic mass is 10.2. The van der Waals surface area contributed by atoms with E-state index in [0.29, 0.717) is 18.4 Å². The summed E-state index contributed by atoms with van der Waals surface area (Å²) in [5, 5.41) is 8.81. The highest BCUT2D eigenvalue weighted by Crippen LogP contribution is 2.45. The second kappa shape index (κ2) is 2.62. The minimum atomic E-state index is 0.307. The Hall–Kier alpha value is -0.890. The number of hydrogen-bond donors (Lipinski definition) is 1. The van der Waals surface area contributed by atoms with Gasteiger partial charge < -0.3 is 5.11 Å². The minimum absolute atomic E-state index is 0.307. The largest absolute Gasteiger partial charge is 0.396 e. The van der Waals surface area contributed by atoms with Gasteiger partial charge in [0.1, 0.15) is 0 Å². The Labute approximate surface area is 65.9 Å². The van der Waals surface area contributed by atoms with Crippen molar-refractivity contribution in [3.05, 3.63) is 30.1 Å². The van der Waals surface area contributed by atoms with E-state index in [0.717, 1.165) is 12.1 Å². The van der Waals surface area contributed by atoms with Gasteiger partial charge in [0.15, 0.2) is 0 Å². The molecule has 58 valence electrons. The Balaban J connectivity index is 2.09. The molecule has 0 aliphatic heterocycles. The molecule has 0 saturated heterocycles. The van der Waals surface area contributed by atoms with Crippen LogP contribution in [0.1, 0.15) is 18.0 Å². The molecule has 1 N–H and O–H groups in total. The highest BCUT2D eigenvalue weighted by atomic mass is 16.3. The maximum absolute atomic E-state index is 8.81. The van der Waals surface area contributed by atoms with Gasteiger partial charge in [0.2, 0.25) is 0 Å². The third-order valence-corrected chi connectivity index (χ3v) is 2.22. The molecule has 1 aromatic rings. The van der Waals surface area contributed by atoms with Gasteiger partial charge in [-0.2, -0.15) is 0 Å². The SMILES string of the molecule is OC[C@@H]1C[C@@H]1c1ccccn1. The fourth-order valence-electron chi connectivity index (χ4n) is 1.41. The van der Waals surface area contributed by atoms with Crippen molar-refractivity contribution in [2.75, 3.05) is 6.61 Å². The van der Waals surface area contributed by atoms with Crippen LogP contribution in [0.5, 0.6) is 0 Å². The molecule has 11 heavy (non-hydrogen) atoms. The highest BCUT2D eigenvalue weighted by molar-refractivity contribution is 5.17. The Kier molecular flexibility index (Phi) is 1.62. The molecule has 1 heterocycles. The Morgan fingerprint density at radius 3 is 3.00 bits per heavy atom. The van der Waals surface area contributed by atoms with Gasteiger partial charge in [-0.05, 0) is 24.5 Å². The summed E-state index contributed by atoms with van der Waals surface area (Å²) in [5.74, 6) is 1.01. The molecule has 0 aromatic carbocycles. The zero-order valence-corrected chi connectivity index (χ0v) is 6.27. The average Bonchev–Trinajstić information content (AvgIpc) is 2.85. The standard InChI is InChI=1S/C9H11NO/c11-6-7-5-8(7)9-3-1-2-4-10-9/h1-4,7-8,11H,5-6H2/t7-,8-/m0/s1. The van der Waals surface area contributed by atoms with E-state index in [1.165, 1.54) is 0 Å².